The third-order valence-corrected chi connectivity index (χ3v) is 3.98. The monoisotopic (exact) mass is 224 g/mol. The van der Waals surface area contributed by atoms with Crippen LogP contribution < -0.4 is 0 Å². The van der Waals surface area contributed by atoms with Gasteiger partial charge < -0.3 is 4.90 Å². The third kappa shape index (κ3) is 2.24. The first-order valence-electron chi connectivity index (χ1n) is 6.79. The van der Waals surface area contributed by atoms with Crippen LogP contribution in [0.5, 0.6) is 0 Å². The van der Waals surface area contributed by atoms with Crippen LogP contribution in [0, 0.1) is 0 Å². The van der Waals surface area contributed by atoms with Crippen molar-refractivity contribution in [2.45, 2.75) is 58.0 Å². The van der Waals surface area contributed by atoms with E-state index in [-0.39, 0.29) is 0 Å². The van der Waals surface area contributed by atoms with Gasteiger partial charge in [-0.25, -0.2) is 0 Å². The van der Waals surface area contributed by atoms with E-state index in [1.165, 1.54) is 32.2 Å². The maximum absolute atomic E-state index is 11.9. The average molecular weight is 224 g/mol. The predicted molar refractivity (Wildman–Crippen MR) is 65.3 cm³/mol. The molecule has 0 aromatic heterocycles. The van der Waals surface area contributed by atoms with E-state index in [2.05, 4.69) is 16.7 Å². The van der Waals surface area contributed by atoms with E-state index in [9.17, 15) is 4.79 Å². The summed E-state index contributed by atoms with van der Waals surface area (Å²) >= 11 is 0. The van der Waals surface area contributed by atoms with Crippen LogP contribution in [-0.2, 0) is 4.79 Å². The normalized spacial score (nSPS) is 29.8. The number of unbranched alkanes of at least 4 members (excludes halogenated alkanes) is 1. The molecule has 0 saturated carbocycles. The number of nitrogens with zero attached hydrogens (tertiary/aromatic N) is 2. The van der Waals surface area contributed by atoms with Gasteiger partial charge in [-0.15, -0.1) is 0 Å². The summed E-state index contributed by atoms with van der Waals surface area (Å²) in [5, 5.41) is 0. The highest BCUT2D eigenvalue weighted by Gasteiger charge is 2.41. The lowest BCUT2D eigenvalue weighted by molar-refractivity contribution is -0.136. The number of rotatable bonds is 4. The molecule has 0 aromatic carbocycles. The fraction of sp³-hybridized carbons (Fsp3) is 0.923. The number of hydrogen-bond acceptors (Lipinski definition) is 2. The van der Waals surface area contributed by atoms with Crippen molar-refractivity contribution < 1.29 is 4.79 Å². The summed E-state index contributed by atoms with van der Waals surface area (Å²) in [4.78, 5) is 16.6. The zero-order valence-electron chi connectivity index (χ0n) is 10.6. The minimum atomic E-state index is 0.364. The molecule has 2 aliphatic heterocycles. The number of carbonyl (C=O) groups excluding carboxylic acids is 1. The van der Waals surface area contributed by atoms with Crippen molar-refractivity contribution in [2.24, 2.45) is 0 Å². The van der Waals surface area contributed by atoms with Crippen LogP contribution in [0.4, 0.5) is 0 Å². The summed E-state index contributed by atoms with van der Waals surface area (Å²) in [5.74, 6) is 0.364. The minimum Gasteiger partial charge on any atom is -0.334 e. The number of fused-ring (bicyclic) bond motifs is 2. The van der Waals surface area contributed by atoms with Gasteiger partial charge in [-0.1, -0.05) is 20.3 Å². The maximum Gasteiger partial charge on any atom is 0.222 e. The van der Waals surface area contributed by atoms with Crippen molar-refractivity contribution in [3.63, 3.8) is 0 Å². The van der Waals surface area contributed by atoms with Crippen LogP contribution in [0.25, 0.3) is 0 Å². The highest BCUT2D eigenvalue weighted by Crippen LogP contribution is 2.30. The Morgan fingerprint density at radius 1 is 1.19 bits per heavy atom. The van der Waals surface area contributed by atoms with E-state index in [1.807, 2.05) is 6.92 Å². The number of piperazine rings is 1. The van der Waals surface area contributed by atoms with Gasteiger partial charge in [-0.2, -0.15) is 0 Å². The summed E-state index contributed by atoms with van der Waals surface area (Å²) in [5.41, 5.74) is 0. The molecule has 92 valence electrons. The van der Waals surface area contributed by atoms with Crippen LogP contribution in [0.15, 0.2) is 0 Å². The van der Waals surface area contributed by atoms with Crippen molar-refractivity contribution in [3.8, 4) is 0 Å². The molecule has 2 saturated heterocycles. The Morgan fingerprint density at radius 2 is 1.81 bits per heavy atom. The second-order valence-corrected chi connectivity index (χ2v) is 5.15. The molecule has 2 unspecified atom stereocenters. The molecule has 3 heteroatoms. The molecule has 2 fully saturated rings. The Labute approximate surface area is 98.8 Å². The number of carbonyl (C=O) groups is 1. The highest BCUT2D eigenvalue weighted by atomic mass is 16.2. The SMILES string of the molecule is CCCCN1CC2CCC(C1)N2C(=O)CC. The first-order valence-corrected chi connectivity index (χ1v) is 6.79. The molecule has 2 rings (SSSR count). The topological polar surface area (TPSA) is 23.6 Å². The van der Waals surface area contributed by atoms with Gasteiger partial charge in [0, 0.05) is 31.6 Å². The molecule has 0 N–H and O–H groups in total. The van der Waals surface area contributed by atoms with Gasteiger partial charge in [0.15, 0.2) is 0 Å². The lowest BCUT2D eigenvalue weighted by atomic mass is 10.1. The first kappa shape index (κ1) is 11.9. The molecular formula is C13H24N2O. The van der Waals surface area contributed by atoms with Crippen LogP contribution in [0.1, 0.15) is 46.0 Å². The lowest BCUT2D eigenvalue weighted by Crippen LogP contribution is -2.55. The average Bonchev–Trinajstić information content (AvgIpc) is 2.57. The van der Waals surface area contributed by atoms with Gasteiger partial charge in [-0.05, 0) is 25.8 Å². The molecule has 1 amide bonds. The first-order chi connectivity index (χ1) is 7.76. The number of likely N-dealkylation sites (tertiary alicyclic amines) is 1. The minimum absolute atomic E-state index is 0.364. The number of hydrogen-bond donors (Lipinski definition) is 0. The van der Waals surface area contributed by atoms with E-state index >= 15 is 0 Å². The smallest absolute Gasteiger partial charge is 0.222 e. The van der Waals surface area contributed by atoms with Crippen LogP contribution in [0.2, 0.25) is 0 Å². The molecule has 16 heavy (non-hydrogen) atoms. The van der Waals surface area contributed by atoms with Crippen molar-refractivity contribution >= 4 is 5.91 Å². The van der Waals surface area contributed by atoms with Crippen molar-refractivity contribution in [3.05, 3.63) is 0 Å². The second kappa shape index (κ2) is 5.17. The largest absolute Gasteiger partial charge is 0.334 e. The summed E-state index contributed by atoms with van der Waals surface area (Å²) in [6, 6.07) is 1.03. The molecule has 2 aliphatic rings. The quantitative estimate of drug-likeness (QED) is 0.728. The van der Waals surface area contributed by atoms with Crippen molar-refractivity contribution in [2.75, 3.05) is 19.6 Å². The molecule has 0 aromatic rings. The van der Waals surface area contributed by atoms with E-state index < -0.39 is 0 Å². The molecule has 3 nitrogen and oxygen atoms in total. The number of amides is 1. The molecule has 2 bridgehead atoms. The van der Waals surface area contributed by atoms with Crippen LogP contribution >= 0.6 is 0 Å². The Hall–Kier alpha value is -0.570. The Balaban J connectivity index is 1.93. The van der Waals surface area contributed by atoms with Gasteiger partial charge in [0.2, 0.25) is 5.91 Å². The maximum atomic E-state index is 11.9. The zero-order valence-corrected chi connectivity index (χ0v) is 10.6. The fourth-order valence-corrected chi connectivity index (χ4v) is 3.14. The third-order valence-electron chi connectivity index (χ3n) is 3.98. The lowest BCUT2D eigenvalue weighted by Gasteiger charge is -2.41. The van der Waals surface area contributed by atoms with Gasteiger partial charge in [-0.3, -0.25) is 9.69 Å². The standard InChI is InChI=1S/C13H24N2O/c1-3-5-8-14-9-11-6-7-12(10-14)15(11)13(16)4-2/h11-12H,3-10H2,1-2H3. The van der Waals surface area contributed by atoms with Gasteiger partial charge in [0.1, 0.15) is 0 Å². The highest BCUT2D eigenvalue weighted by molar-refractivity contribution is 5.77. The van der Waals surface area contributed by atoms with Crippen LogP contribution in [-0.4, -0.2) is 47.4 Å². The van der Waals surface area contributed by atoms with E-state index in [0.29, 0.717) is 24.4 Å². The van der Waals surface area contributed by atoms with Gasteiger partial charge in [0.25, 0.3) is 0 Å². The Morgan fingerprint density at radius 3 is 2.31 bits per heavy atom. The second-order valence-electron chi connectivity index (χ2n) is 5.15. The summed E-state index contributed by atoms with van der Waals surface area (Å²) in [6.07, 6.45) is 5.67. The Bertz CT molecular complexity index is 240. The molecule has 2 heterocycles. The van der Waals surface area contributed by atoms with Gasteiger partial charge in [0.05, 0.1) is 0 Å². The van der Waals surface area contributed by atoms with Gasteiger partial charge >= 0.3 is 0 Å². The van der Waals surface area contributed by atoms with Crippen LogP contribution in [0.3, 0.4) is 0 Å². The molecule has 2 atom stereocenters. The van der Waals surface area contributed by atoms with E-state index in [1.54, 1.807) is 0 Å². The fourth-order valence-electron chi connectivity index (χ4n) is 3.14. The summed E-state index contributed by atoms with van der Waals surface area (Å²) in [7, 11) is 0. The van der Waals surface area contributed by atoms with Crippen molar-refractivity contribution in [1.82, 2.24) is 9.80 Å². The molecule has 0 aliphatic carbocycles. The molecule has 0 spiro atoms. The Kier molecular flexibility index (Phi) is 3.85. The van der Waals surface area contributed by atoms with Crippen molar-refractivity contribution in [1.29, 1.82) is 0 Å². The summed E-state index contributed by atoms with van der Waals surface area (Å²) < 4.78 is 0. The van der Waals surface area contributed by atoms with E-state index in [0.717, 1.165) is 13.1 Å². The summed E-state index contributed by atoms with van der Waals surface area (Å²) in [6.45, 7) is 7.67. The molecular weight excluding hydrogens is 200 g/mol. The van der Waals surface area contributed by atoms with E-state index in [4.69, 9.17) is 0 Å². The molecule has 0 radical (unpaired) electrons. The predicted octanol–water partition coefficient (Wildman–Crippen LogP) is 1.87. The zero-order chi connectivity index (χ0) is 11.5.